The standard InChI is InChI=1S/C15H18N4O2S/c16-13-4-6-14(7-5-13)22(20,21)19-11-9-18(10-12-19)15-3-1-2-8-17-15/h1-8H,9-12,16H2. The number of nitrogen functional groups attached to an aromatic ring is 1. The Morgan fingerprint density at radius 2 is 1.64 bits per heavy atom. The summed E-state index contributed by atoms with van der Waals surface area (Å²) in [5, 5.41) is 0. The highest BCUT2D eigenvalue weighted by Gasteiger charge is 2.28. The molecule has 0 aliphatic carbocycles. The molecule has 2 N–H and O–H groups in total. The highest BCUT2D eigenvalue weighted by molar-refractivity contribution is 7.89. The van der Waals surface area contributed by atoms with E-state index >= 15 is 0 Å². The third kappa shape index (κ3) is 2.90. The summed E-state index contributed by atoms with van der Waals surface area (Å²) in [5.74, 6) is 0.882. The van der Waals surface area contributed by atoms with Gasteiger partial charge in [0, 0.05) is 38.1 Å². The maximum absolute atomic E-state index is 12.6. The molecule has 0 saturated carbocycles. The van der Waals surface area contributed by atoms with Crippen molar-refractivity contribution in [3.63, 3.8) is 0 Å². The summed E-state index contributed by atoms with van der Waals surface area (Å²) < 4.78 is 26.7. The Kier molecular flexibility index (Phi) is 4.00. The van der Waals surface area contributed by atoms with Gasteiger partial charge in [-0.25, -0.2) is 13.4 Å². The Morgan fingerprint density at radius 3 is 2.23 bits per heavy atom. The van der Waals surface area contributed by atoms with Crippen LogP contribution < -0.4 is 10.6 Å². The molecule has 7 heteroatoms. The number of sulfonamides is 1. The number of piperazine rings is 1. The van der Waals surface area contributed by atoms with Gasteiger partial charge in [-0.1, -0.05) is 6.07 Å². The lowest BCUT2D eigenvalue weighted by molar-refractivity contribution is 0.384. The first kappa shape index (κ1) is 14.8. The van der Waals surface area contributed by atoms with Crippen LogP contribution in [-0.4, -0.2) is 43.9 Å². The number of nitrogens with zero attached hydrogens (tertiary/aromatic N) is 3. The summed E-state index contributed by atoms with van der Waals surface area (Å²) in [6.07, 6.45) is 1.74. The lowest BCUT2D eigenvalue weighted by Gasteiger charge is -2.34. The molecule has 1 fully saturated rings. The van der Waals surface area contributed by atoms with Gasteiger partial charge in [0.2, 0.25) is 10.0 Å². The van der Waals surface area contributed by atoms with Gasteiger partial charge in [0.1, 0.15) is 5.82 Å². The second kappa shape index (κ2) is 5.94. The van der Waals surface area contributed by atoms with Gasteiger partial charge in [0.15, 0.2) is 0 Å². The number of hydrogen-bond donors (Lipinski definition) is 1. The van der Waals surface area contributed by atoms with Gasteiger partial charge in [0.25, 0.3) is 0 Å². The van der Waals surface area contributed by atoms with Crippen molar-refractivity contribution in [3.05, 3.63) is 48.7 Å². The molecule has 116 valence electrons. The zero-order valence-corrected chi connectivity index (χ0v) is 12.9. The molecule has 2 aromatic rings. The third-order valence-corrected chi connectivity index (χ3v) is 5.64. The quantitative estimate of drug-likeness (QED) is 0.860. The van der Waals surface area contributed by atoms with E-state index in [-0.39, 0.29) is 4.90 Å². The van der Waals surface area contributed by atoms with E-state index in [0.717, 1.165) is 5.82 Å². The molecular weight excluding hydrogens is 300 g/mol. The lowest BCUT2D eigenvalue weighted by Crippen LogP contribution is -2.48. The Hall–Kier alpha value is -2.12. The van der Waals surface area contributed by atoms with Crippen molar-refractivity contribution < 1.29 is 8.42 Å². The zero-order chi connectivity index (χ0) is 15.6. The molecule has 0 spiro atoms. The summed E-state index contributed by atoms with van der Waals surface area (Å²) >= 11 is 0. The van der Waals surface area contributed by atoms with E-state index in [1.54, 1.807) is 30.5 Å². The van der Waals surface area contributed by atoms with Crippen molar-refractivity contribution in [1.82, 2.24) is 9.29 Å². The van der Waals surface area contributed by atoms with Gasteiger partial charge in [-0.3, -0.25) is 0 Å². The normalized spacial score (nSPS) is 16.6. The van der Waals surface area contributed by atoms with Crippen LogP contribution in [0.3, 0.4) is 0 Å². The minimum Gasteiger partial charge on any atom is -0.399 e. The largest absolute Gasteiger partial charge is 0.399 e. The predicted molar refractivity (Wildman–Crippen MR) is 86.1 cm³/mol. The number of anilines is 2. The Labute approximate surface area is 130 Å². The van der Waals surface area contributed by atoms with Gasteiger partial charge in [-0.05, 0) is 36.4 Å². The number of benzene rings is 1. The topological polar surface area (TPSA) is 79.5 Å². The molecular formula is C15H18N4O2S. The number of pyridine rings is 1. The van der Waals surface area contributed by atoms with Crippen LogP contribution in [0.1, 0.15) is 0 Å². The molecule has 1 aliphatic heterocycles. The monoisotopic (exact) mass is 318 g/mol. The fourth-order valence-electron chi connectivity index (χ4n) is 2.49. The molecule has 0 bridgehead atoms. The SMILES string of the molecule is Nc1ccc(S(=O)(=O)N2CCN(c3ccccn3)CC2)cc1. The van der Waals surface area contributed by atoms with Crippen molar-refractivity contribution in [2.45, 2.75) is 4.90 Å². The molecule has 2 heterocycles. The van der Waals surface area contributed by atoms with Crippen molar-refractivity contribution in [2.24, 2.45) is 0 Å². The van der Waals surface area contributed by atoms with Crippen LogP contribution in [0, 0.1) is 0 Å². The first-order valence-electron chi connectivity index (χ1n) is 7.09. The van der Waals surface area contributed by atoms with Crippen molar-refractivity contribution in [2.75, 3.05) is 36.8 Å². The van der Waals surface area contributed by atoms with Crippen LogP contribution in [-0.2, 0) is 10.0 Å². The van der Waals surface area contributed by atoms with Gasteiger partial charge in [0.05, 0.1) is 4.90 Å². The minimum absolute atomic E-state index is 0.285. The van der Waals surface area contributed by atoms with Crippen LogP contribution in [0.15, 0.2) is 53.6 Å². The second-order valence-corrected chi connectivity index (χ2v) is 7.09. The maximum Gasteiger partial charge on any atom is 0.243 e. The Morgan fingerprint density at radius 1 is 0.955 bits per heavy atom. The number of rotatable bonds is 3. The van der Waals surface area contributed by atoms with Crippen LogP contribution in [0.5, 0.6) is 0 Å². The molecule has 6 nitrogen and oxygen atoms in total. The molecule has 22 heavy (non-hydrogen) atoms. The summed E-state index contributed by atoms with van der Waals surface area (Å²) in [7, 11) is -3.45. The molecule has 0 unspecified atom stereocenters. The van der Waals surface area contributed by atoms with Crippen molar-refractivity contribution in [3.8, 4) is 0 Å². The lowest BCUT2D eigenvalue weighted by atomic mass is 10.3. The number of hydrogen-bond acceptors (Lipinski definition) is 5. The summed E-state index contributed by atoms with van der Waals surface area (Å²) in [5.41, 5.74) is 6.16. The summed E-state index contributed by atoms with van der Waals surface area (Å²) in [6.45, 7) is 2.16. The molecule has 1 aliphatic rings. The molecule has 1 aromatic carbocycles. The fraction of sp³-hybridized carbons (Fsp3) is 0.267. The highest BCUT2D eigenvalue weighted by Crippen LogP contribution is 2.20. The van der Waals surface area contributed by atoms with Gasteiger partial charge < -0.3 is 10.6 Å². The van der Waals surface area contributed by atoms with Crippen LogP contribution >= 0.6 is 0 Å². The van der Waals surface area contributed by atoms with E-state index < -0.39 is 10.0 Å². The maximum atomic E-state index is 12.6. The smallest absolute Gasteiger partial charge is 0.243 e. The Balaban J connectivity index is 1.72. The predicted octanol–water partition coefficient (Wildman–Crippen LogP) is 1.17. The van der Waals surface area contributed by atoms with Crippen LogP contribution in [0.4, 0.5) is 11.5 Å². The van der Waals surface area contributed by atoms with E-state index in [1.807, 2.05) is 18.2 Å². The summed E-state index contributed by atoms with van der Waals surface area (Å²) in [6, 6.07) is 12.1. The number of aromatic nitrogens is 1. The summed E-state index contributed by atoms with van der Waals surface area (Å²) in [4.78, 5) is 6.68. The van der Waals surface area contributed by atoms with Gasteiger partial charge in [-0.15, -0.1) is 0 Å². The minimum atomic E-state index is -3.45. The van der Waals surface area contributed by atoms with E-state index in [1.165, 1.54) is 4.31 Å². The zero-order valence-electron chi connectivity index (χ0n) is 12.1. The molecule has 0 amide bonds. The Bertz CT molecular complexity index is 724. The van der Waals surface area contributed by atoms with E-state index in [9.17, 15) is 8.42 Å². The van der Waals surface area contributed by atoms with E-state index in [2.05, 4.69) is 9.88 Å². The third-order valence-electron chi connectivity index (χ3n) is 3.73. The molecule has 1 aromatic heterocycles. The first-order chi connectivity index (χ1) is 10.6. The van der Waals surface area contributed by atoms with E-state index in [4.69, 9.17) is 5.73 Å². The van der Waals surface area contributed by atoms with Crippen LogP contribution in [0.2, 0.25) is 0 Å². The average Bonchev–Trinajstić information content (AvgIpc) is 2.56. The average molecular weight is 318 g/mol. The molecule has 0 radical (unpaired) electrons. The van der Waals surface area contributed by atoms with Gasteiger partial charge >= 0.3 is 0 Å². The highest BCUT2D eigenvalue weighted by atomic mass is 32.2. The van der Waals surface area contributed by atoms with Crippen LogP contribution in [0.25, 0.3) is 0 Å². The van der Waals surface area contributed by atoms with Crippen molar-refractivity contribution in [1.29, 1.82) is 0 Å². The van der Waals surface area contributed by atoms with Gasteiger partial charge in [-0.2, -0.15) is 4.31 Å². The van der Waals surface area contributed by atoms with E-state index in [0.29, 0.717) is 31.9 Å². The first-order valence-corrected chi connectivity index (χ1v) is 8.53. The molecule has 3 rings (SSSR count). The fourth-order valence-corrected chi connectivity index (χ4v) is 3.91. The molecule has 0 atom stereocenters. The second-order valence-electron chi connectivity index (χ2n) is 5.15. The number of nitrogens with two attached hydrogens (primary N) is 1. The molecule has 1 saturated heterocycles. The van der Waals surface area contributed by atoms with Crippen molar-refractivity contribution >= 4 is 21.5 Å².